The quantitative estimate of drug-likeness (QED) is 0.253. The van der Waals surface area contributed by atoms with Gasteiger partial charge in [0.25, 0.3) is 0 Å². The van der Waals surface area contributed by atoms with E-state index in [2.05, 4.69) is 15.0 Å². The molecule has 2 heterocycles. The standard InChI is InChI=1S/C24H16N4O4/c1-15-12-13-17-8-5-11-20(21(17)27-15)32-24-22(28(29)30)23(25-14-26-24)31-19-10-4-7-16-6-2-3-9-18(16)19/h2-14H,1H3. The number of hydrogen-bond acceptors (Lipinski definition) is 7. The molecule has 156 valence electrons. The van der Waals surface area contributed by atoms with Gasteiger partial charge in [-0.3, -0.25) is 10.1 Å². The number of benzene rings is 3. The minimum absolute atomic E-state index is 0.208. The Labute approximate surface area is 182 Å². The van der Waals surface area contributed by atoms with Crippen LogP contribution in [0.4, 0.5) is 5.69 Å². The molecule has 8 heteroatoms. The zero-order valence-electron chi connectivity index (χ0n) is 16.9. The van der Waals surface area contributed by atoms with Gasteiger partial charge in [-0.1, -0.05) is 54.6 Å². The van der Waals surface area contributed by atoms with Crippen LogP contribution < -0.4 is 9.47 Å². The van der Waals surface area contributed by atoms with E-state index in [1.807, 2.05) is 61.5 Å². The van der Waals surface area contributed by atoms with Crippen LogP contribution in [0.2, 0.25) is 0 Å². The van der Waals surface area contributed by atoms with Crippen molar-refractivity contribution in [1.82, 2.24) is 15.0 Å². The van der Waals surface area contributed by atoms with Gasteiger partial charge in [0, 0.05) is 16.5 Å². The highest BCUT2D eigenvalue weighted by Gasteiger charge is 2.28. The first-order valence-electron chi connectivity index (χ1n) is 9.79. The van der Waals surface area contributed by atoms with E-state index in [1.54, 1.807) is 18.2 Å². The minimum atomic E-state index is -0.612. The summed E-state index contributed by atoms with van der Waals surface area (Å²) in [6.45, 7) is 1.86. The van der Waals surface area contributed by atoms with Crippen molar-refractivity contribution < 1.29 is 14.4 Å². The van der Waals surface area contributed by atoms with Gasteiger partial charge in [-0.25, -0.2) is 4.98 Å². The molecule has 0 aliphatic carbocycles. The zero-order valence-corrected chi connectivity index (χ0v) is 16.9. The normalized spacial score (nSPS) is 10.9. The maximum absolute atomic E-state index is 12.0. The zero-order chi connectivity index (χ0) is 22.1. The summed E-state index contributed by atoms with van der Waals surface area (Å²) in [6.07, 6.45) is 1.17. The molecule has 2 aromatic heterocycles. The monoisotopic (exact) mass is 424 g/mol. The number of rotatable bonds is 5. The lowest BCUT2D eigenvalue weighted by atomic mass is 10.1. The van der Waals surface area contributed by atoms with Crippen LogP contribution in [0.1, 0.15) is 5.69 Å². The van der Waals surface area contributed by atoms with Crippen LogP contribution in [-0.2, 0) is 0 Å². The molecule has 0 unspecified atom stereocenters. The third kappa shape index (κ3) is 3.54. The number of hydrogen-bond donors (Lipinski definition) is 0. The Balaban J connectivity index is 1.59. The van der Waals surface area contributed by atoms with Gasteiger partial charge < -0.3 is 9.47 Å². The van der Waals surface area contributed by atoms with Gasteiger partial charge in [-0.05, 0) is 30.5 Å². The Kier molecular flexibility index (Phi) is 4.79. The Morgan fingerprint density at radius 2 is 1.44 bits per heavy atom. The van der Waals surface area contributed by atoms with Gasteiger partial charge >= 0.3 is 17.4 Å². The first kappa shape index (κ1) is 19.4. The molecule has 0 radical (unpaired) electrons. The molecule has 0 bridgehead atoms. The fourth-order valence-electron chi connectivity index (χ4n) is 3.45. The summed E-state index contributed by atoms with van der Waals surface area (Å²) in [5.74, 6) is 0.360. The molecule has 0 atom stereocenters. The third-order valence-electron chi connectivity index (χ3n) is 4.92. The lowest BCUT2D eigenvalue weighted by molar-refractivity contribution is -0.387. The number of para-hydroxylation sites is 1. The molecule has 0 spiro atoms. The van der Waals surface area contributed by atoms with Crippen molar-refractivity contribution in [1.29, 1.82) is 0 Å². The van der Waals surface area contributed by atoms with Crippen molar-refractivity contribution in [2.24, 2.45) is 0 Å². The average molecular weight is 424 g/mol. The fraction of sp³-hybridized carbons (Fsp3) is 0.0417. The molecule has 0 aliphatic heterocycles. The maximum Gasteiger partial charge on any atom is 0.393 e. The van der Waals surface area contributed by atoms with Crippen molar-refractivity contribution in [2.45, 2.75) is 6.92 Å². The maximum atomic E-state index is 12.0. The van der Waals surface area contributed by atoms with Crippen LogP contribution in [0, 0.1) is 17.0 Å². The van der Waals surface area contributed by atoms with E-state index < -0.39 is 10.6 Å². The van der Waals surface area contributed by atoms with E-state index in [0.717, 1.165) is 21.9 Å². The van der Waals surface area contributed by atoms with Crippen LogP contribution in [0.25, 0.3) is 21.7 Å². The molecule has 5 aromatic rings. The number of aryl methyl sites for hydroxylation is 1. The van der Waals surface area contributed by atoms with Crippen molar-refractivity contribution in [3.63, 3.8) is 0 Å². The number of pyridine rings is 1. The van der Waals surface area contributed by atoms with E-state index in [9.17, 15) is 10.1 Å². The van der Waals surface area contributed by atoms with Gasteiger partial charge in [0.05, 0.1) is 4.92 Å². The Bertz CT molecular complexity index is 1480. The Morgan fingerprint density at radius 3 is 2.22 bits per heavy atom. The van der Waals surface area contributed by atoms with E-state index in [1.165, 1.54) is 6.33 Å². The van der Waals surface area contributed by atoms with Gasteiger partial charge in [0.15, 0.2) is 5.75 Å². The summed E-state index contributed by atoms with van der Waals surface area (Å²) < 4.78 is 11.8. The van der Waals surface area contributed by atoms with Crippen LogP contribution in [0.5, 0.6) is 23.3 Å². The summed E-state index contributed by atoms with van der Waals surface area (Å²) in [7, 11) is 0. The highest BCUT2D eigenvalue weighted by atomic mass is 16.6. The van der Waals surface area contributed by atoms with Crippen LogP contribution in [-0.4, -0.2) is 19.9 Å². The SMILES string of the molecule is Cc1ccc2cccc(Oc3ncnc(Oc4cccc5ccccc45)c3[N+](=O)[O-])c2n1. The second-order valence-corrected chi connectivity index (χ2v) is 7.05. The minimum Gasteiger partial charge on any atom is -0.433 e. The summed E-state index contributed by atoms with van der Waals surface area (Å²) in [4.78, 5) is 23.9. The largest absolute Gasteiger partial charge is 0.433 e. The number of aromatic nitrogens is 3. The van der Waals surface area contributed by atoms with E-state index in [-0.39, 0.29) is 11.8 Å². The summed E-state index contributed by atoms with van der Waals surface area (Å²) >= 11 is 0. The number of nitro groups is 1. The lowest BCUT2D eigenvalue weighted by Gasteiger charge is -2.11. The van der Waals surface area contributed by atoms with Crippen LogP contribution in [0.15, 0.2) is 79.1 Å². The average Bonchev–Trinajstić information content (AvgIpc) is 2.80. The number of fused-ring (bicyclic) bond motifs is 2. The summed E-state index contributed by atoms with van der Waals surface area (Å²) in [5.41, 5.74) is 0.910. The van der Waals surface area contributed by atoms with Gasteiger partial charge in [0.2, 0.25) is 0 Å². The summed E-state index contributed by atoms with van der Waals surface area (Å²) in [5, 5.41) is 14.5. The van der Waals surface area contributed by atoms with Crippen molar-refractivity contribution in [2.75, 3.05) is 0 Å². The highest BCUT2D eigenvalue weighted by molar-refractivity contribution is 5.88. The highest BCUT2D eigenvalue weighted by Crippen LogP contribution is 2.40. The second-order valence-electron chi connectivity index (χ2n) is 7.05. The first-order valence-corrected chi connectivity index (χ1v) is 9.79. The van der Waals surface area contributed by atoms with Crippen LogP contribution in [0.3, 0.4) is 0 Å². The van der Waals surface area contributed by atoms with Gasteiger partial charge in [-0.2, -0.15) is 9.97 Å². The van der Waals surface area contributed by atoms with E-state index >= 15 is 0 Å². The molecule has 5 rings (SSSR count). The number of nitrogens with zero attached hydrogens (tertiary/aromatic N) is 4. The third-order valence-corrected chi connectivity index (χ3v) is 4.92. The summed E-state index contributed by atoms with van der Waals surface area (Å²) in [6, 6.07) is 22.2. The molecular weight excluding hydrogens is 408 g/mol. The molecule has 0 aliphatic rings. The topological polar surface area (TPSA) is 100 Å². The Hall–Kier alpha value is -4.59. The first-order chi connectivity index (χ1) is 15.6. The molecule has 0 saturated heterocycles. The molecule has 32 heavy (non-hydrogen) atoms. The lowest BCUT2D eigenvalue weighted by Crippen LogP contribution is -2.02. The smallest absolute Gasteiger partial charge is 0.393 e. The molecule has 0 N–H and O–H groups in total. The van der Waals surface area contributed by atoms with Crippen molar-refractivity contribution >= 4 is 27.4 Å². The van der Waals surface area contributed by atoms with E-state index in [4.69, 9.17) is 9.47 Å². The number of ether oxygens (including phenoxy) is 2. The molecule has 8 nitrogen and oxygen atoms in total. The van der Waals surface area contributed by atoms with Crippen molar-refractivity contribution in [3.05, 3.63) is 94.9 Å². The van der Waals surface area contributed by atoms with Crippen molar-refractivity contribution in [3.8, 4) is 23.3 Å². The predicted octanol–water partition coefficient (Wildman–Crippen LogP) is 5.98. The molecule has 3 aromatic carbocycles. The molecule has 0 saturated carbocycles. The van der Waals surface area contributed by atoms with Gasteiger partial charge in [-0.15, -0.1) is 0 Å². The second kappa shape index (κ2) is 7.92. The predicted molar refractivity (Wildman–Crippen MR) is 119 cm³/mol. The van der Waals surface area contributed by atoms with E-state index in [0.29, 0.717) is 17.0 Å². The van der Waals surface area contributed by atoms with Crippen LogP contribution >= 0.6 is 0 Å². The van der Waals surface area contributed by atoms with Gasteiger partial charge in [0.1, 0.15) is 17.6 Å². The Morgan fingerprint density at radius 1 is 0.781 bits per heavy atom. The molecular formula is C24H16N4O4. The molecule has 0 fully saturated rings. The fourth-order valence-corrected chi connectivity index (χ4v) is 3.45. The molecule has 0 amide bonds.